The van der Waals surface area contributed by atoms with Crippen LogP contribution in [0.1, 0.15) is 37.2 Å². The van der Waals surface area contributed by atoms with Gasteiger partial charge in [-0.25, -0.2) is 9.50 Å². The molecule has 1 aliphatic rings. The molecule has 0 saturated carbocycles. The first-order valence-corrected chi connectivity index (χ1v) is 6.90. The normalized spacial score (nSPS) is 19.6. The van der Waals surface area contributed by atoms with E-state index in [2.05, 4.69) is 15.1 Å². The van der Waals surface area contributed by atoms with Gasteiger partial charge in [0, 0.05) is 32.1 Å². The molecule has 9 heteroatoms. The smallest absolute Gasteiger partial charge is 0.342 e. The molecule has 0 spiro atoms. The highest BCUT2D eigenvalue weighted by Crippen LogP contribution is 2.29. The molecular weight excluding hydrogens is 299 g/mol. The van der Waals surface area contributed by atoms with Gasteiger partial charge in [-0.2, -0.15) is 18.2 Å². The third-order valence-corrected chi connectivity index (χ3v) is 3.81. The second kappa shape index (κ2) is 5.22. The Bertz CT molecular complexity index is 711. The van der Waals surface area contributed by atoms with Crippen LogP contribution in [-0.2, 0) is 11.0 Å². The Morgan fingerprint density at radius 3 is 2.86 bits per heavy atom. The lowest BCUT2D eigenvalue weighted by Gasteiger charge is -2.32. The van der Waals surface area contributed by atoms with Crippen LogP contribution < -0.4 is 0 Å². The van der Waals surface area contributed by atoms with E-state index in [4.69, 9.17) is 0 Å². The van der Waals surface area contributed by atoms with Crippen molar-refractivity contribution in [3.05, 3.63) is 23.8 Å². The van der Waals surface area contributed by atoms with E-state index in [0.717, 1.165) is 17.4 Å². The molecule has 1 amide bonds. The van der Waals surface area contributed by atoms with Crippen LogP contribution in [0.4, 0.5) is 13.2 Å². The van der Waals surface area contributed by atoms with Crippen molar-refractivity contribution in [2.24, 2.45) is 0 Å². The van der Waals surface area contributed by atoms with Crippen molar-refractivity contribution >= 4 is 11.7 Å². The van der Waals surface area contributed by atoms with Crippen molar-refractivity contribution in [1.29, 1.82) is 0 Å². The van der Waals surface area contributed by atoms with Crippen molar-refractivity contribution in [3.8, 4) is 0 Å². The summed E-state index contributed by atoms with van der Waals surface area (Å²) in [6.07, 6.45) is -1.60. The highest BCUT2D eigenvalue weighted by Gasteiger charge is 2.37. The van der Waals surface area contributed by atoms with Gasteiger partial charge in [-0.1, -0.05) is 0 Å². The number of hydrogen-bond acceptors (Lipinski definition) is 4. The first-order valence-electron chi connectivity index (χ1n) is 6.90. The van der Waals surface area contributed by atoms with Gasteiger partial charge in [-0.15, -0.1) is 5.10 Å². The maximum atomic E-state index is 12.7. The Hall–Kier alpha value is -2.19. The van der Waals surface area contributed by atoms with Crippen molar-refractivity contribution in [2.75, 3.05) is 13.1 Å². The summed E-state index contributed by atoms with van der Waals surface area (Å²) in [4.78, 5) is 20.5. The third-order valence-electron chi connectivity index (χ3n) is 3.81. The van der Waals surface area contributed by atoms with Crippen LogP contribution in [-0.4, -0.2) is 43.5 Å². The number of nitrogens with zero attached hydrogens (tertiary/aromatic N) is 5. The molecule has 0 bridgehead atoms. The summed E-state index contributed by atoms with van der Waals surface area (Å²) in [5.41, 5.74) is 0.596. The van der Waals surface area contributed by atoms with Gasteiger partial charge in [-0.3, -0.25) is 4.79 Å². The van der Waals surface area contributed by atoms with Crippen LogP contribution in [0.2, 0.25) is 0 Å². The van der Waals surface area contributed by atoms with Gasteiger partial charge in [0.25, 0.3) is 11.6 Å². The minimum atomic E-state index is -4.61. The topological polar surface area (TPSA) is 63.4 Å². The van der Waals surface area contributed by atoms with Crippen LogP contribution in [0.15, 0.2) is 12.3 Å². The average molecular weight is 313 g/mol. The van der Waals surface area contributed by atoms with Crippen molar-refractivity contribution in [1.82, 2.24) is 24.5 Å². The molecule has 3 rings (SSSR count). The number of likely N-dealkylation sites (tertiary alicyclic amines) is 1. The molecule has 22 heavy (non-hydrogen) atoms. The van der Waals surface area contributed by atoms with Crippen molar-refractivity contribution < 1.29 is 18.0 Å². The number of carbonyl (C=O) groups is 1. The van der Waals surface area contributed by atoms with Crippen LogP contribution in [0.3, 0.4) is 0 Å². The molecule has 1 aliphatic heterocycles. The predicted octanol–water partition coefficient (Wildman–Crippen LogP) is 1.87. The van der Waals surface area contributed by atoms with Gasteiger partial charge < -0.3 is 4.90 Å². The number of rotatable bonds is 1. The molecule has 1 saturated heterocycles. The molecular formula is C13H14F3N5O. The Morgan fingerprint density at radius 2 is 2.18 bits per heavy atom. The number of hydrogen-bond donors (Lipinski definition) is 0. The van der Waals surface area contributed by atoms with Gasteiger partial charge in [-0.05, 0) is 18.9 Å². The fourth-order valence-corrected chi connectivity index (χ4v) is 2.75. The first kappa shape index (κ1) is 14.7. The molecule has 0 radical (unpaired) electrons. The molecule has 6 nitrogen and oxygen atoms in total. The number of aromatic nitrogens is 4. The number of fused-ring (bicyclic) bond motifs is 1. The van der Waals surface area contributed by atoms with Gasteiger partial charge in [0.05, 0.1) is 5.69 Å². The molecule has 0 unspecified atom stereocenters. The Morgan fingerprint density at radius 1 is 1.41 bits per heavy atom. The number of piperidine rings is 1. The highest BCUT2D eigenvalue weighted by atomic mass is 19.4. The number of halogens is 3. The zero-order chi connectivity index (χ0) is 15.9. The highest BCUT2D eigenvalue weighted by molar-refractivity contribution is 5.73. The van der Waals surface area contributed by atoms with Gasteiger partial charge >= 0.3 is 6.18 Å². The van der Waals surface area contributed by atoms with E-state index >= 15 is 0 Å². The van der Waals surface area contributed by atoms with Crippen LogP contribution in [0.25, 0.3) is 5.78 Å². The van der Waals surface area contributed by atoms with E-state index in [1.807, 2.05) is 0 Å². The van der Waals surface area contributed by atoms with Gasteiger partial charge in [0.2, 0.25) is 5.91 Å². The molecule has 0 N–H and O–H groups in total. The number of carbonyl (C=O) groups excluding carboxylic acids is 1. The minimum Gasteiger partial charge on any atom is -0.342 e. The Labute approximate surface area is 124 Å². The largest absolute Gasteiger partial charge is 0.453 e. The molecule has 0 aliphatic carbocycles. The summed E-state index contributed by atoms with van der Waals surface area (Å²) in [5.74, 6) is -1.40. The Balaban J connectivity index is 2.00. The lowest BCUT2D eigenvalue weighted by molar-refractivity contribution is -0.144. The van der Waals surface area contributed by atoms with E-state index in [1.54, 1.807) is 11.0 Å². The second-order valence-corrected chi connectivity index (χ2v) is 5.32. The van der Waals surface area contributed by atoms with E-state index in [9.17, 15) is 18.0 Å². The van der Waals surface area contributed by atoms with E-state index in [-0.39, 0.29) is 17.6 Å². The summed E-state index contributed by atoms with van der Waals surface area (Å²) in [6.45, 7) is 2.63. The van der Waals surface area contributed by atoms with Crippen LogP contribution in [0, 0.1) is 0 Å². The monoisotopic (exact) mass is 313 g/mol. The van der Waals surface area contributed by atoms with Gasteiger partial charge in [0.15, 0.2) is 0 Å². The third kappa shape index (κ3) is 2.62. The SMILES string of the molecule is CC(=O)N1CCC[C@@H](c2ccnc3nc(C(F)(F)F)nn23)C1. The number of alkyl halides is 3. The van der Waals surface area contributed by atoms with Crippen molar-refractivity contribution in [3.63, 3.8) is 0 Å². The standard InChI is InChI=1S/C13H14F3N5O/c1-8(22)20-6-2-3-9(7-20)10-4-5-17-12-18-11(13(14,15)16)19-21(10)12/h4-5,9H,2-3,6-7H2,1H3/t9-/m1/s1. The summed E-state index contributed by atoms with van der Waals surface area (Å²) in [6, 6.07) is 1.64. The maximum absolute atomic E-state index is 12.7. The molecule has 118 valence electrons. The fourth-order valence-electron chi connectivity index (χ4n) is 2.75. The average Bonchev–Trinajstić information content (AvgIpc) is 2.91. The predicted molar refractivity (Wildman–Crippen MR) is 70.0 cm³/mol. The summed E-state index contributed by atoms with van der Waals surface area (Å²) in [5, 5.41) is 3.54. The quantitative estimate of drug-likeness (QED) is 0.806. The molecule has 2 aromatic rings. The molecule has 1 atom stereocenters. The second-order valence-electron chi connectivity index (χ2n) is 5.32. The first-order chi connectivity index (χ1) is 10.4. The Kier molecular flexibility index (Phi) is 3.50. The van der Waals surface area contributed by atoms with Crippen molar-refractivity contribution in [2.45, 2.75) is 31.9 Å². The maximum Gasteiger partial charge on any atom is 0.453 e. The minimum absolute atomic E-state index is 0.0374. The van der Waals surface area contributed by atoms with Gasteiger partial charge in [0.1, 0.15) is 0 Å². The molecule has 0 aromatic carbocycles. The molecule has 3 heterocycles. The molecule has 1 fully saturated rings. The van der Waals surface area contributed by atoms with E-state index < -0.39 is 12.0 Å². The lowest BCUT2D eigenvalue weighted by atomic mass is 9.94. The van der Waals surface area contributed by atoms with Crippen LogP contribution >= 0.6 is 0 Å². The van der Waals surface area contributed by atoms with E-state index in [1.165, 1.54) is 13.1 Å². The van der Waals surface area contributed by atoms with Crippen LogP contribution in [0.5, 0.6) is 0 Å². The zero-order valence-electron chi connectivity index (χ0n) is 11.8. The van der Waals surface area contributed by atoms with E-state index in [0.29, 0.717) is 18.8 Å². The summed E-state index contributed by atoms with van der Waals surface area (Å²) < 4.78 is 39.4. The zero-order valence-corrected chi connectivity index (χ0v) is 11.8. The summed E-state index contributed by atoms with van der Waals surface area (Å²) in [7, 11) is 0. The fraction of sp³-hybridized carbons (Fsp3) is 0.538. The lowest BCUT2D eigenvalue weighted by Crippen LogP contribution is -2.38. The summed E-state index contributed by atoms with van der Waals surface area (Å²) >= 11 is 0. The molecule has 2 aromatic heterocycles. The number of amides is 1.